The van der Waals surface area contributed by atoms with Gasteiger partial charge in [-0.2, -0.15) is 0 Å². The molecule has 2 heterocycles. The third-order valence-corrected chi connectivity index (χ3v) is 4.54. The van der Waals surface area contributed by atoms with Crippen LogP contribution in [-0.2, 0) is 21.0 Å². The van der Waals surface area contributed by atoms with Crippen molar-refractivity contribution in [1.29, 1.82) is 0 Å². The van der Waals surface area contributed by atoms with Crippen LogP contribution in [0.1, 0.15) is 37.7 Å². The fraction of sp³-hybridized carbons (Fsp3) is 0.500. The van der Waals surface area contributed by atoms with Gasteiger partial charge in [-0.1, -0.05) is 30.3 Å². The standard InChI is InChI=1S/C18H22N2O3/c21-13-17-12-16(19-10-5-4-8-18(19)22)9-11-20(17)23-14-15-6-2-1-3-7-15/h1-3,6-7,16H,4-5,8-12,14H2. The number of nitrogens with zero attached hydrogens (tertiary/aromatic N) is 2. The summed E-state index contributed by atoms with van der Waals surface area (Å²) < 4.78 is 0. The lowest BCUT2D eigenvalue weighted by Gasteiger charge is -2.40. The van der Waals surface area contributed by atoms with Crippen LogP contribution in [0.25, 0.3) is 0 Å². The van der Waals surface area contributed by atoms with Crippen molar-refractivity contribution >= 4 is 11.8 Å². The molecule has 2 saturated heterocycles. The van der Waals surface area contributed by atoms with Gasteiger partial charge in [-0.25, -0.2) is 9.86 Å². The zero-order chi connectivity index (χ0) is 16.1. The Morgan fingerprint density at radius 3 is 2.74 bits per heavy atom. The van der Waals surface area contributed by atoms with Crippen LogP contribution in [0.15, 0.2) is 36.0 Å². The summed E-state index contributed by atoms with van der Waals surface area (Å²) in [6.45, 7) is 1.85. The normalized spacial score (nSPS) is 22.2. The van der Waals surface area contributed by atoms with Crippen LogP contribution in [0.3, 0.4) is 0 Å². The summed E-state index contributed by atoms with van der Waals surface area (Å²) in [6, 6.07) is 9.97. The van der Waals surface area contributed by atoms with E-state index in [1.54, 1.807) is 5.06 Å². The van der Waals surface area contributed by atoms with Crippen molar-refractivity contribution in [3.8, 4) is 0 Å². The van der Waals surface area contributed by atoms with Gasteiger partial charge in [0.25, 0.3) is 0 Å². The number of hydrogen-bond acceptors (Lipinski definition) is 4. The van der Waals surface area contributed by atoms with Gasteiger partial charge in [0, 0.05) is 32.0 Å². The maximum atomic E-state index is 12.1. The van der Waals surface area contributed by atoms with Crippen molar-refractivity contribution in [2.75, 3.05) is 13.1 Å². The lowest BCUT2D eigenvalue weighted by Crippen LogP contribution is -2.48. The van der Waals surface area contributed by atoms with Crippen LogP contribution in [0, 0.1) is 0 Å². The summed E-state index contributed by atoms with van der Waals surface area (Å²) in [6.07, 6.45) is 4.02. The molecule has 3 rings (SSSR count). The van der Waals surface area contributed by atoms with Gasteiger partial charge in [0.1, 0.15) is 11.6 Å². The van der Waals surface area contributed by atoms with Crippen LogP contribution in [0.2, 0.25) is 0 Å². The molecular formula is C18H22N2O3. The first kappa shape index (κ1) is 15.8. The summed E-state index contributed by atoms with van der Waals surface area (Å²) >= 11 is 0. The predicted octanol–water partition coefficient (Wildman–Crippen LogP) is 2.31. The molecule has 1 aromatic carbocycles. The zero-order valence-corrected chi connectivity index (χ0v) is 13.2. The Kier molecular flexibility index (Phi) is 5.11. The molecule has 0 bridgehead atoms. The minimum atomic E-state index is 0.107. The second kappa shape index (κ2) is 7.44. The lowest BCUT2D eigenvalue weighted by atomic mass is 9.98. The molecular weight excluding hydrogens is 292 g/mol. The van der Waals surface area contributed by atoms with Gasteiger partial charge in [-0.15, -0.1) is 0 Å². The topological polar surface area (TPSA) is 49.9 Å². The van der Waals surface area contributed by atoms with E-state index in [2.05, 4.69) is 0 Å². The molecule has 5 nitrogen and oxygen atoms in total. The molecule has 23 heavy (non-hydrogen) atoms. The fourth-order valence-corrected chi connectivity index (χ4v) is 3.27. The van der Waals surface area contributed by atoms with E-state index >= 15 is 0 Å². The highest BCUT2D eigenvalue weighted by atomic mass is 16.7. The molecule has 2 aliphatic rings. The van der Waals surface area contributed by atoms with Crippen LogP contribution in [-0.4, -0.2) is 40.9 Å². The van der Waals surface area contributed by atoms with Crippen molar-refractivity contribution in [2.45, 2.75) is 44.8 Å². The SMILES string of the molecule is O=C=C1CC(N2CCCCC2=O)CCN1OCc1ccccc1. The largest absolute Gasteiger partial charge is 0.339 e. The number of benzene rings is 1. The van der Waals surface area contributed by atoms with E-state index in [9.17, 15) is 9.59 Å². The first-order valence-corrected chi connectivity index (χ1v) is 8.26. The van der Waals surface area contributed by atoms with E-state index in [-0.39, 0.29) is 11.9 Å². The molecule has 1 amide bonds. The molecule has 1 aromatic rings. The monoisotopic (exact) mass is 314 g/mol. The van der Waals surface area contributed by atoms with Gasteiger partial charge in [-0.3, -0.25) is 9.63 Å². The quantitative estimate of drug-likeness (QED) is 0.800. The molecule has 1 unspecified atom stereocenters. The summed E-state index contributed by atoms with van der Waals surface area (Å²) in [5.74, 6) is 2.22. The Labute approximate surface area is 136 Å². The first-order valence-electron chi connectivity index (χ1n) is 8.26. The van der Waals surface area contributed by atoms with Crippen molar-refractivity contribution in [3.63, 3.8) is 0 Å². The molecule has 2 aliphatic heterocycles. The molecule has 0 spiro atoms. The average Bonchev–Trinajstić information content (AvgIpc) is 2.61. The molecule has 1 atom stereocenters. The molecule has 0 radical (unpaired) electrons. The summed E-state index contributed by atoms with van der Waals surface area (Å²) in [5, 5.41) is 1.64. The van der Waals surface area contributed by atoms with E-state index in [0.29, 0.717) is 31.7 Å². The Bertz CT molecular complexity index is 596. The summed E-state index contributed by atoms with van der Waals surface area (Å²) in [7, 11) is 0. The van der Waals surface area contributed by atoms with Crippen molar-refractivity contribution in [3.05, 3.63) is 41.6 Å². The molecule has 5 heteroatoms. The van der Waals surface area contributed by atoms with Crippen molar-refractivity contribution < 1.29 is 14.4 Å². The maximum absolute atomic E-state index is 12.1. The van der Waals surface area contributed by atoms with Gasteiger partial charge in [0.2, 0.25) is 5.91 Å². The number of carbonyl (C=O) groups is 1. The van der Waals surface area contributed by atoms with Gasteiger partial charge in [0.15, 0.2) is 0 Å². The van der Waals surface area contributed by atoms with Crippen LogP contribution in [0.5, 0.6) is 0 Å². The van der Waals surface area contributed by atoms with Gasteiger partial charge >= 0.3 is 0 Å². The minimum absolute atomic E-state index is 0.107. The van der Waals surface area contributed by atoms with E-state index in [4.69, 9.17) is 4.84 Å². The molecule has 0 saturated carbocycles. The average molecular weight is 314 g/mol. The number of piperidine rings is 2. The Morgan fingerprint density at radius 1 is 1.17 bits per heavy atom. The molecule has 2 fully saturated rings. The summed E-state index contributed by atoms with van der Waals surface area (Å²) in [4.78, 5) is 31.1. The van der Waals surface area contributed by atoms with Crippen LogP contribution >= 0.6 is 0 Å². The highest BCUT2D eigenvalue weighted by Crippen LogP contribution is 2.26. The minimum Gasteiger partial charge on any atom is -0.339 e. The third-order valence-electron chi connectivity index (χ3n) is 4.54. The van der Waals surface area contributed by atoms with Crippen molar-refractivity contribution in [2.24, 2.45) is 0 Å². The van der Waals surface area contributed by atoms with E-state index in [1.165, 1.54) is 0 Å². The number of rotatable bonds is 4. The number of hydroxylamine groups is 2. The maximum Gasteiger partial charge on any atom is 0.222 e. The van der Waals surface area contributed by atoms with Gasteiger partial charge in [0.05, 0.1) is 6.61 Å². The molecule has 0 aliphatic carbocycles. The number of hydrogen-bond donors (Lipinski definition) is 0. The second-order valence-corrected chi connectivity index (χ2v) is 6.10. The number of amides is 1. The lowest BCUT2D eigenvalue weighted by molar-refractivity contribution is -0.160. The predicted molar refractivity (Wildman–Crippen MR) is 85.7 cm³/mol. The van der Waals surface area contributed by atoms with Gasteiger partial charge < -0.3 is 4.90 Å². The van der Waals surface area contributed by atoms with E-state index in [0.717, 1.165) is 31.4 Å². The van der Waals surface area contributed by atoms with Gasteiger partial charge in [-0.05, 0) is 24.8 Å². The van der Waals surface area contributed by atoms with E-state index < -0.39 is 0 Å². The first-order chi connectivity index (χ1) is 11.3. The third kappa shape index (κ3) is 3.81. The number of carbonyl (C=O) groups excluding carboxylic acids is 2. The molecule has 0 N–H and O–H groups in total. The van der Waals surface area contributed by atoms with Crippen LogP contribution < -0.4 is 0 Å². The van der Waals surface area contributed by atoms with E-state index in [1.807, 2.05) is 41.2 Å². The highest BCUT2D eigenvalue weighted by molar-refractivity contribution is 5.77. The highest BCUT2D eigenvalue weighted by Gasteiger charge is 2.32. The smallest absolute Gasteiger partial charge is 0.222 e. The molecule has 0 aromatic heterocycles. The Hall–Kier alpha value is -2.10. The second-order valence-electron chi connectivity index (χ2n) is 6.10. The number of likely N-dealkylation sites (tertiary alicyclic amines) is 1. The Morgan fingerprint density at radius 2 is 2.00 bits per heavy atom. The van der Waals surface area contributed by atoms with Crippen LogP contribution in [0.4, 0.5) is 0 Å². The Balaban J connectivity index is 1.58. The zero-order valence-electron chi connectivity index (χ0n) is 13.2. The summed E-state index contributed by atoms with van der Waals surface area (Å²) in [5.41, 5.74) is 1.57. The van der Waals surface area contributed by atoms with Crippen molar-refractivity contribution in [1.82, 2.24) is 9.96 Å². The molecule has 122 valence electrons. The fourth-order valence-electron chi connectivity index (χ4n) is 3.27.